The summed E-state index contributed by atoms with van der Waals surface area (Å²) in [6.07, 6.45) is -1.65. The zero-order chi connectivity index (χ0) is 26.0. The Balaban J connectivity index is 1.91. The Bertz CT molecular complexity index is 925. The molecule has 0 amide bonds. The monoisotopic (exact) mass is 534 g/mol. The summed E-state index contributed by atoms with van der Waals surface area (Å²) < 4.78 is 58.3. The first-order valence-corrected chi connectivity index (χ1v) is 12.1. The lowest BCUT2D eigenvalue weighted by atomic mass is 9.93. The van der Waals surface area contributed by atoms with E-state index >= 15 is 0 Å². The largest absolute Gasteiger partial charge is 0.573 e. The predicted octanol–water partition coefficient (Wildman–Crippen LogP) is 8.77. The predicted molar refractivity (Wildman–Crippen MR) is 133 cm³/mol. The fourth-order valence-corrected chi connectivity index (χ4v) is 3.39. The molecule has 0 aromatic heterocycles. The van der Waals surface area contributed by atoms with Crippen molar-refractivity contribution in [3.8, 4) is 23.0 Å². The Labute approximate surface area is 214 Å². The number of alkyl halides is 3. The molecule has 2 aromatic rings. The molecule has 35 heavy (non-hydrogen) atoms. The van der Waals surface area contributed by atoms with Crippen molar-refractivity contribution in [1.29, 1.82) is 0 Å². The molecule has 0 unspecified atom stereocenters. The van der Waals surface area contributed by atoms with E-state index in [0.717, 1.165) is 35.5 Å². The lowest BCUT2D eigenvalue weighted by Crippen LogP contribution is -2.16. The third-order valence-electron chi connectivity index (χ3n) is 4.96. The summed E-state index contributed by atoms with van der Waals surface area (Å²) in [5, 5.41) is 0. The molecule has 2 rings (SSSR count). The highest BCUT2D eigenvalue weighted by Crippen LogP contribution is 2.38. The molecule has 0 saturated heterocycles. The number of halogens is 5. The molecule has 0 spiro atoms. The maximum Gasteiger partial charge on any atom is 0.573 e. The van der Waals surface area contributed by atoms with Gasteiger partial charge in [0.1, 0.15) is 34.1 Å². The van der Waals surface area contributed by atoms with Crippen LogP contribution < -0.4 is 18.9 Å². The standard InChI is InChI=1S/C26H31Cl2F3O4/c1-17(2)22-15-21(33-14-11-24(27)28)16-23(18(3)4)25(22)34-13-6-5-12-32-19-7-9-20(10-8-19)35-26(29,30)31/h7-11,15-18H,5-6,12-14H2,1-4H3. The van der Waals surface area contributed by atoms with Gasteiger partial charge in [-0.3, -0.25) is 0 Å². The molecule has 0 bridgehead atoms. The van der Waals surface area contributed by atoms with E-state index in [0.29, 0.717) is 19.0 Å². The molecule has 0 aliphatic carbocycles. The maximum atomic E-state index is 12.2. The van der Waals surface area contributed by atoms with Crippen LogP contribution in [0.2, 0.25) is 0 Å². The average Bonchev–Trinajstić information content (AvgIpc) is 2.75. The van der Waals surface area contributed by atoms with Gasteiger partial charge in [-0.05, 0) is 67.2 Å². The van der Waals surface area contributed by atoms with E-state index in [-0.39, 0.29) is 28.7 Å². The van der Waals surface area contributed by atoms with Crippen LogP contribution in [0.4, 0.5) is 13.2 Å². The second-order valence-electron chi connectivity index (χ2n) is 8.47. The summed E-state index contributed by atoms with van der Waals surface area (Å²) in [6.45, 7) is 9.60. The third kappa shape index (κ3) is 10.5. The van der Waals surface area contributed by atoms with E-state index in [4.69, 9.17) is 37.4 Å². The van der Waals surface area contributed by atoms with Crippen molar-refractivity contribution in [2.45, 2.75) is 58.7 Å². The molecule has 2 aromatic carbocycles. The van der Waals surface area contributed by atoms with E-state index < -0.39 is 6.36 Å². The van der Waals surface area contributed by atoms with Crippen molar-refractivity contribution < 1.29 is 32.1 Å². The molecule has 0 heterocycles. The Morgan fingerprint density at radius 3 is 1.80 bits per heavy atom. The fraction of sp³-hybridized carbons (Fsp3) is 0.462. The summed E-state index contributed by atoms with van der Waals surface area (Å²) >= 11 is 11.3. The summed E-state index contributed by atoms with van der Waals surface area (Å²) in [6, 6.07) is 9.31. The molecule has 0 saturated carbocycles. The minimum absolute atomic E-state index is 0.162. The van der Waals surface area contributed by atoms with Crippen molar-refractivity contribution in [3.05, 3.63) is 58.1 Å². The Kier molecular flexibility index (Phi) is 11.4. The van der Waals surface area contributed by atoms with Crippen LogP contribution in [0.3, 0.4) is 0 Å². The van der Waals surface area contributed by atoms with Gasteiger partial charge in [-0.25, -0.2) is 0 Å². The number of ether oxygens (including phenoxy) is 4. The van der Waals surface area contributed by atoms with Crippen molar-refractivity contribution in [3.63, 3.8) is 0 Å². The first kappa shape index (κ1) is 29.0. The van der Waals surface area contributed by atoms with Crippen molar-refractivity contribution in [1.82, 2.24) is 0 Å². The average molecular weight is 535 g/mol. The van der Waals surface area contributed by atoms with Crippen molar-refractivity contribution in [2.75, 3.05) is 19.8 Å². The van der Waals surface area contributed by atoms with Gasteiger partial charge in [-0.15, -0.1) is 13.2 Å². The SMILES string of the molecule is CC(C)c1cc(OCC=C(Cl)Cl)cc(C(C)C)c1OCCCCOc1ccc(OC(F)(F)F)cc1. The molecule has 0 aliphatic heterocycles. The lowest BCUT2D eigenvalue weighted by molar-refractivity contribution is -0.274. The minimum atomic E-state index is -4.71. The summed E-state index contributed by atoms with van der Waals surface area (Å²) in [4.78, 5) is 0. The van der Waals surface area contributed by atoms with E-state index in [1.165, 1.54) is 24.3 Å². The van der Waals surface area contributed by atoms with Gasteiger partial charge < -0.3 is 18.9 Å². The molecule has 4 nitrogen and oxygen atoms in total. The number of hydrogen-bond donors (Lipinski definition) is 0. The van der Waals surface area contributed by atoms with Crippen molar-refractivity contribution >= 4 is 23.2 Å². The summed E-state index contributed by atoms with van der Waals surface area (Å²) in [7, 11) is 0. The molecule has 0 fully saturated rings. The second kappa shape index (κ2) is 13.7. The van der Waals surface area contributed by atoms with Gasteiger partial charge in [0.05, 0.1) is 13.2 Å². The first-order valence-electron chi connectivity index (χ1n) is 11.4. The number of benzene rings is 2. The van der Waals surface area contributed by atoms with Crippen LogP contribution in [0.1, 0.15) is 63.5 Å². The van der Waals surface area contributed by atoms with Crippen LogP contribution in [0, 0.1) is 0 Å². The van der Waals surface area contributed by atoms with E-state index in [9.17, 15) is 13.2 Å². The van der Waals surface area contributed by atoms with Crippen LogP contribution >= 0.6 is 23.2 Å². The van der Waals surface area contributed by atoms with Gasteiger partial charge in [0.15, 0.2) is 0 Å². The van der Waals surface area contributed by atoms with Crippen LogP contribution in [0.15, 0.2) is 47.0 Å². The van der Waals surface area contributed by atoms with Gasteiger partial charge in [-0.2, -0.15) is 0 Å². The van der Waals surface area contributed by atoms with Gasteiger partial charge in [-0.1, -0.05) is 50.9 Å². The lowest BCUT2D eigenvalue weighted by Gasteiger charge is -2.22. The topological polar surface area (TPSA) is 36.9 Å². The normalized spacial score (nSPS) is 11.5. The Morgan fingerprint density at radius 1 is 0.800 bits per heavy atom. The molecular weight excluding hydrogens is 504 g/mol. The van der Waals surface area contributed by atoms with Gasteiger partial charge >= 0.3 is 6.36 Å². The van der Waals surface area contributed by atoms with Gasteiger partial charge in [0.2, 0.25) is 0 Å². The molecule has 194 valence electrons. The maximum absolute atomic E-state index is 12.2. The fourth-order valence-electron chi connectivity index (χ4n) is 3.26. The van der Waals surface area contributed by atoms with E-state index in [1.807, 2.05) is 12.1 Å². The smallest absolute Gasteiger partial charge is 0.494 e. The summed E-state index contributed by atoms with van der Waals surface area (Å²) in [5.41, 5.74) is 2.12. The highest BCUT2D eigenvalue weighted by atomic mass is 35.5. The molecule has 0 aliphatic rings. The second-order valence-corrected chi connectivity index (χ2v) is 9.48. The highest BCUT2D eigenvalue weighted by Gasteiger charge is 2.31. The number of unbranched alkanes of at least 4 members (excludes halogenated alkanes) is 1. The summed E-state index contributed by atoms with van der Waals surface area (Å²) in [5.74, 6) is 2.25. The third-order valence-corrected chi connectivity index (χ3v) is 5.27. The molecule has 9 heteroatoms. The quantitative estimate of drug-likeness (QED) is 0.240. The Hall–Kier alpha value is -2.25. The van der Waals surface area contributed by atoms with Crippen LogP contribution in [-0.2, 0) is 0 Å². The zero-order valence-corrected chi connectivity index (χ0v) is 21.8. The minimum Gasteiger partial charge on any atom is -0.494 e. The number of rotatable bonds is 13. The molecular formula is C26H31Cl2F3O4. The van der Waals surface area contributed by atoms with E-state index in [2.05, 4.69) is 32.4 Å². The van der Waals surface area contributed by atoms with Crippen LogP contribution in [0.25, 0.3) is 0 Å². The highest BCUT2D eigenvalue weighted by molar-refractivity contribution is 6.55. The number of hydrogen-bond acceptors (Lipinski definition) is 4. The van der Waals surface area contributed by atoms with Gasteiger partial charge in [0, 0.05) is 11.1 Å². The van der Waals surface area contributed by atoms with Crippen LogP contribution in [-0.4, -0.2) is 26.2 Å². The zero-order valence-electron chi connectivity index (χ0n) is 20.3. The first-order chi connectivity index (χ1) is 16.5. The molecule has 0 radical (unpaired) electrons. The molecule has 0 atom stereocenters. The molecule has 0 N–H and O–H groups in total. The van der Waals surface area contributed by atoms with Crippen LogP contribution in [0.5, 0.6) is 23.0 Å². The van der Waals surface area contributed by atoms with Crippen molar-refractivity contribution in [2.24, 2.45) is 0 Å². The van der Waals surface area contributed by atoms with Gasteiger partial charge in [0.25, 0.3) is 0 Å². The Morgan fingerprint density at radius 2 is 1.31 bits per heavy atom. The van der Waals surface area contributed by atoms with E-state index in [1.54, 1.807) is 6.08 Å².